The average molecular weight is 410 g/mol. The summed E-state index contributed by atoms with van der Waals surface area (Å²) in [5.74, 6) is -0.296. The van der Waals surface area contributed by atoms with E-state index < -0.39 is 0 Å². The first-order valence-corrected chi connectivity index (χ1v) is 10.6. The fraction of sp³-hybridized carbons (Fsp3) is 0.190. The van der Waals surface area contributed by atoms with Gasteiger partial charge in [0.2, 0.25) is 5.91 Å². The molecule has 0 bridgehead atoms. The number of aromatic nitrogens is 1. The lowest BCUT2D eigenvalue weighted by atomic mass is 10.0. The molecular formula is C21H19N3O2S2. The Morgan fingerprint density at radius 3 is 2.79 bits per heavy atom. The van der Waals surface area contributed by atoms with Crippen molar-refractivity contribution in [2.45, 2.75) is 30.9 Å². The van der Waals surface area contributed by atoms with Crippen molar-refractivity contribution in [1.29, 1.82) is 0 Å². The van der Waals surface area contributed by atoms with Crippen LogP contribution in [-0.2, 0) is 4.79 Å². The summed E-state index contributed by atoms with van der Waals surface area (Å²) in [5.41, 5.74) is 5.43. The van der Waals surface area contributed by atoms with Crippen LogP contribution in [0.2, 0.25) is 0 Å². The molecule has 0 fully saturated rings. The maximum atomic E-state index is 12.6. The van der Waals surface area contributed by atoms with Crippen LogP contribution in [0.1, 0.15) is 28.4 Å². The van der Waals surface area contributed by atoms with Gasteiger partial charge in [0.15, 0.2) is 5.13 Å². The van der Waals surface area contributed by atoms with E-state index in [0.717, 1.165) is 21.7 Å². The Kier molecular flexibility index (Phi) is 4.95. The molecule has 3 aromatic rings. The average Bonchev–Trinajstić information content (AvgIpc) is 3.10. The third kappa shape index (κ3) is 3.68. The van der Waals surface area contributed by atoms with Gasteiger partial charge in [-0.2, -0.15) is 0 Å². The summed E-state index contributed by atoms with van der Waals surface area (Å²) in [7, 11) is 0. The molecule has 1 aliphatic rings. The van der Waals surface area contributed by atoms with Crippen LogP contribution in [0, 0.1) is 13.8 Å². The Labute approximate surface area is 171 Å². The van der Waals surface area contributed by atoms with E-state index in [1.165, 1.54) is 28.7 Å². The van der Waals surface area contributed by atoms with Gasteiger partial charge >= 0.3 is 0 Å². The quantitative estimate of drug-likeness (QED) is 0.630. The summed E-state index contributed by atoms with van der Waals surface area (Å²) in [5, 5.41) is 8.06. The number of fused-ring (bicyclic) bond motifs is 1. The fourth-order valence-corrected chi connectivity index (χ4v) is 4.71. The predicted octanol–water partition coefficient (Wildman–Crippen LogP) is 5.11. The number of anilines is 2. The van der Waals surface area contributed by atoms with Gasteiger partial charge in [0.1, 0.15) is 0 Å². The van der Waals surface area contributed by atoms with Crippen LogP contribution in [0.15, 0.2) is 46.7 Å². The van der Waals surface area contributed by atoms with Gasteiger partial charge in [0, 0.05) is 21.4 Å². The summed E-state index contributed by atoms with van der Waals surface area (Å²) < 4.78 is 0. The summed E-state index contributed by atoms with van der Waals surface area (Å²) in [6.07, 6.45) is 0. The molecule has 2 heterocycles. The van der Waals surface area contributed by atoms with Crippen molar-refractivity contribution in [3.05, 3.63) is 58.5 Å². The van der Waals surface area contributed by atoms with Gasteiger partial charge in [-0.1, -0.05) is 23.8 Å². The lowest BCUT2D eigenvalue weighted by molar-refractivity contribution is -0.115. The van der Waals surface area contributed by atoms with Crippen molar-refractivity contribution < 1.29 is 9.59 Å². The Morgan fingerprint density at radius 2 is 2.00 bits per heavy atom. The molecule has 0 spiro atoms. The molecule has 142 valence electrons. The first-order valence-electron chi connectivity index (χ1n) is 8.87. The normalized spacial score (nSPS) is 15.7. The molecule has 28 heavy (non-hydrogen) atoms. The zero-order valence-corrected chi connectivity index (χ0v) is 17.3. The standard InChI is InChI=1S/C21H19N3O2S2/c1-11-4-6-15(12(2)8-11)17-10-27-21(23-17)24-20(26)14-5-7-18-16(9-14)22-19(25)13(3)28-18/h4-10,13H,1-3H3,(H,22,25)(H,23,24,26). The van der Waals surface area contributed by atoms with Crippen LogP contribution in [-0.4, -0.2) is 22.0 Å². The van der Waals surface area contributed by atoms with Crippen molar-refractivity contribution in [3.8, 4) is 11.3 Å². The molecule has 2 N–H and O–H groups in total. The van der Waals surface area contributed by atoms with Gasteiger partial charge in [-0.05, 0) is 44.5 Å². The number of nitrogens with zero attached hydrogens (tertiary/aromatic N) is 1. The third-order valence-electron chi connectivity index (χ3n) is 4.56. The lowest BCUT2D eigenvalue weighted by Crippen LogP contribution is -2.26. The highest BCUT2D eigenvalue weighted by atomic mass is 32.2. The molecule has 5 nitrogen and oxygen atoms in total. The van der Waals surface area contributed by atoms with E-state index in [1.54, 1.807) is 12.1 Å². The maximum absolute atomic E-state index is 12.6. The fourth-order valence-electron chi connectivity index (χ4n) is 3.08. The molecule has 0 saturated heterocycles. The Hall–Kier alpha value is -2.64. The van der Waals surface area contributed by atoms with Crippen molar-refractivity contribution >= 4 is 45.7 Å². The molecule has 0 aliphatic carbocycles. The lowest BCUT2D eigenvalue weighted by Gasteiger charge is -2.21. The van der Waals surface area contributed by atoms with E-state index in [2.05, 4.69) is 47.7 Å². The highest BCUT2D eigenvalue weighted by molar-refractivity contribution is 8.00. The minimum Gasteiger partial charge on any atom is -0.324 e. The topological polar surface area (TPSA) is 71.1 Å². The van der Waals surface area contributed by atoms with Crippen molar-refractivity contribution in [2.75, 3.05) is 10.6 Å². The largest absolute Gasteiger partial charge is 0.324 e. The number of aryl methyl sites for hydroxylation is 2. The highest BCUT2D eigenvalue weighted by Crippen LogP contribution is 2.36. The SMILES string of the molecule is Cc1ccc(-c2csc(NC(=O)c3ccc4c(c3)NC(=O)C(C)S4)n2)c(C)c1. The van der Waals surface area contributed by atoms with Crippen LogP contribution < -0.4 is 10.6 Å². The molecule has 0 saturated carbocycles. The first kappa shape index (κ1) is 18.7. The molecule has 1 unspecified atom stereocenters. The molecule has 1 atom stereocenters. The second-order valence-electron chi connectivity index (χ2n) is 6.77. The van der Waals surface area contributed by atoms with Crippen molar-refractivity contribution in [1.82, 2.24) is 4.98 Å². The smallest absolute Gasteiger partial charge is 0.257 e. The Balaban J connectivity index is 1.53. The van der Waals surface area contributed by atoms with Gasteiger partial charge < -0.3 is 5.32 Å². The summed E-state index contributed by atoms with van der Waals surface area (Å²) >= 11 is 2.89. The minimum atomic E-state index is -0.248. The Bertz CT molecular complexity index is 1090. The molecular weight excluding hydrogens is 390 g/mol. The first-order chi connectivity index (χ1) is 13.4. The van der Waals surface area contributed by atoms with E-state index in [4.69, 9.17) is 0 Å². The summed E-state index contributed by atoms with van der Waals surface area (Å²) in [6.45, 7) is 5.98. The van der Waals surface area contributed by atoms with Gasteiger partial charge in [-0.15, -0.1) is 23.1 Å². The number of hydrogen-bond donors (Lipinski definition) is 2. The van der Waals surface area contributed by atoms with Crippen molar-refractivity contribution in [2.24, 2.45) is 0 Å². The number of carbonyl (C=O) groups excluding carboxylic acids is 2. The second kappa shape index (κ2) is 7.41. The molecule has 7 heteroatoms. The monoisotopic (exact) mass is 409 g/mol. The van der Waals surface area contributed by atoms with Gasteiger partial charge in [-0.3, -0.25) is 14.9 Å². The number of thioether (sulfide) groups is 1. The number of carbonyl (C=O) groups is 2. The van der Waals surface area contributed by atoms with Crippen LogP contribution in [0.4, 0.5) is 10.8 Å². The van der Waals surface area contributed by atoms with E-state index in [-0.39, 0.29) is 17.1 Å². The van der Waals surface area contributed by atoms with Crippen LogP contribution in [0.5, 0.6) is 0 Å². The molecule has 2 aromatic carbocycles. The van der Waals surface area contributed by atoms with E-state index in [1.807, 2.05) is 18.4 Å². The number of hydrogen-bond acceptors (Lipinski definition) is 5. The van der Waals surface area contributed by atoms with Crippen LogP contribution >= 0.6 is 23.1 Å². The summed E-state index contributed by atoms with van der Waals surface area (Å²) in [6, 6.07) is 11.6. The van der Waals surface area contributed by atoms with Crippen LogP contribution in [0.3, 0.4) is 0 Å². The third-order valence-corrected chi connectivity index (χ3v) is 6.49. The molecule has 1 aliphatic heterocycles. The van der Waals surface area contributed by atoms with Gasteiger partial charge in [-0.25, -0.2) is 4.98 Å². The highest BCUT2D eigenvalue weighted by Gasteiger charge is 2.24. The van der Waals surface area contributed by atoms with Gasteiger partial charge in [0.25, 0.3) is 5.91 Å². The number of nitrogens with one attached hydrogen (secondary N) is 2. The number of benzene rings is 2. The predicted molar refractivity (Wildman–Crippen MR) is 115 cm³/mol. The zero-order valence-electron chi connectivity index (χ0n) is 15.7. The van der Waals surface area contributed by atoms with E-state index in [9.17, 15) is 9.59 Å². The van der Waals surface area contributed by atoms with E-state index in [0.29, 0.717) is 16.4 Å². The second-order valence-corrected chi connectivity index (χ2v) is 9.01. The minimum absolute atomic E-state index is 0.0481. The van der Waals surface area contributed by atoms with Crippen molar-refractivity contribution in [3.63, 3.8) is 0 Å². The number of rotatable bonds is 3. The van der Waals surface area contributed by atoms with Gasteiger partial charge in [0.05, 0.1) is 16.6 Å². The number of amides is 2. The molecule has 1 aromatic heterocycles. The Morgan fingerprint density at radius 1 is 1.18 bits per heavy atom. The molecule has 2 amide bonds. The zero-order chi connectivity index (χ0) is 19.8. The van der Waals surface area contributed by atoms with E-state index >= 15 is 0 Å². The number of thiazole rings is 1. The molecule has 0 radical (unpaired) electrons. The molecule has 4 rings (SSSR count). The summed E-state index contributed by atoms with van der Waals surface area (Å²) in [4.78, 5) is 30.0. The maximum Gasteiger partial charge on any atom is 0.257 e. The van der Waals surface area contributed by atoms with Crippen LogP contribution in [0.25, 0.3) is 11.3 Å².